The molecule has 1 aromatic rings. The van der Waals surface area contributed by atoms with Crippen LogP contribution < -0.4 is 5.32 Å². The Labute approximate surface area is 92.9 Å². The summed E-state index contributed by atoms with van der Waals surface area (Å²) in [4.78, 5) is 0. The van der Waals surface area contributed by atoms with Crippen molar-refractivity contribution in [1.82, 2.24) is 0 Å². The van der Waals surface area contributed by atoms with Crippen LogP contribution in [0, 0.1) is 0 Å². The molecule has 0 heterocycles. The smallest absolute Gasteiger partial charge is 0.0374 e. The third-order valence-corrected chi connectivity index (χ3v) is 3.36. The standard InChI is InChI=1S/C14H21N/c1-2-12-8-6-7-11-14(12)15-13-9-4-3-5-10-13/h6-8,11,13,15H,2-5,9-10H2,1H3. The van der Waals surface area contributed by atoms with E-state index in [1.807, 2.05) is 0 Å². The molecule has 1 nitrogen and oxygen atoms in total. The lowest BCUT2D eigenvalue weighted by Crippen LogP contribution is -2.22. The topological polar surface area (TPSA) is 12.0 Å². The van der Waals surface area contributed by atoms with Crippen molar-refractivity contribution in [2.75, 3.05) is 5.32 Å². The average molecular weight is 203 g/mol. The predicted molar refractivity (Wildman–Crippen MR) is 66.3 cm³/mol. The molecule has 2 rings (SSSR count). The molecule has 0 radical (unpaired) electrons. The first kappa shape index (κ1) is 10.5. The lowest BCUT2D eigenvalue weighted by molar-refractivity contribution is 0.462. The highest BCUT2D eigenvalue weighted by Gasteiger charge is 2.13. The van der Waals surface area contributed by atoms with E-state index in [-0.39, 0.29) is 0 Å². The SMILES string of the molecule is CCc1ccccc1NC1CCCCC1. The fourth-order valence-electron chi connectivity index (χ4n) is 2.44. The Morgan fingerprint density at radius 1 is 1.13 bits per heavy atom. The second-order valence-corrected chi connectivity index (χ2v) is 4.49. The maximum absolute atomic E-state index is 3.70. The van der Waals surface area contributed by atoms with E-state index in [9.17, 15) is 0 Å². The van der Waals surface area contributed by atoms with Crippen molar-refractivity contribution in [2.45, 2.75) is 51.5 Å². The molecule has 82 valence electrons. The zero-order chi connectivity index (χ0) is 10.5. The van der Waals surface area contributed by atoms with E-state index in [1.165, 1.54) is 43.4 Å². The van der Waals surface area contributed by atoms with Crippen LogP contribution in [0.15, 0.2) is 24.3 Å². The van der Waals surface area contributed by atoms with Crippen LogP contribution in [0.3, 0.4) is 0 Å². The van der Waals surface area contributed by atoms with Crippen LogP contribution in [0.25, 0.3) is 0 Å². The van der Waals surface area contributed by atoms with Gasteiger partial charge in [0.15, 0.2) is 0 Å². The van der Waals surface area contributed by atoms with Crippen LogP contribution in [0.2, 0.25) is 0 Å². The Bertz CT molecular complexity index is 300. The fourth-order valence-corrected chi connectivity index (χ4v) is 2.44. The summed E-state index contributed by atoms with van der Waals surface area (Å²) in [5.41, 5.74) is 2.80. The normalized spacial score (nSPS) is 17.7. The number of para-hydroxylation sites is 1. The number of hydrogen-bond donors (Lipinski definition) is 1. The Hall–Kier alpha value is -0.980. The summed E-state index contributed by atoms with van der Waals surface area (Å²) < 4.78 is 0. The van der Waals surface area contributed by atoms with Crippen molar-refractivity contribution in [3.63, 3.8) is 0 Å². The van der Waals surface area contributed by atoms with Crippen molar-refractivity contribution in [3.8, 4) is 0 Å². The van der Waals surface area contributed by atoms with E-state index in [4.69, 9.17) is 0 Å². The largest absolute Gasteiger partial charge is 0.382 e. The van der Waals surface area contributed by atoms with E-state index < -0.39 is 0 Å². The number of hydrogen-bond acceptors (Lipinski definition) is 1. The zero-order valence-electron chi connectivity index (χ0n) is 9.63. The van der Waals surface area contributed by atoms with Crippen molar-refractivity contribution >= 4 is 5.69 Å². The van der Waals surface area contributed by atoms with E-state index in [0.717, 1.165) is 6.42 Å². The highest BCUT2D eigenvalue weighted by Crippen LogP contribution is 2.23. The minimum atomic E-state index is 0.714. The van der Waals surface area contributed by atoms with Crippen molar-refractivity contribution in [2.24, 2.45) is 0 Å². The summed E-state index contributed by atoms with van der Waals surface area (Å²) in [6.45, 7) is 2.22. The molecule has 0 saturated heterocycles. The summed E-state index contributed by atoms with van der Waals surface area (Å²) in [6, 6.07) is 9.42. The molecule has 0 aliphatic heterocycles. The second kappa shape index (κ2) is 5.20. The maximum Gasteiger partial charge on any atom is 0.0374 e. The highest BCUT2D eigenvalue weighted by atomic mass is 14.9. The summed E-state index contributed by atoms with van der Waals surface area (Å²) in [6.07, 6.45) is 8.03. The minimum absolute atomic E-state index is 0.714. The van der Waals surface area contributed by atoms with Gasteiger partial charge in [0.1, 0.15) is 0 Å². The van der Waals surface area contributed by atoms with Crippen LogP contribution >= 0.6 is 0 Å². The van der Waals surface area contributed by atoms with Gasteiger partial charge in [-0.2, -0.15) is 0 Å². The summed E-state index contributed by atoms with van der Waals surface area (Å²) in [5.74, 6) is 0. The molecule has 0 atom stereocenters. The molecule has 15 heavy (non-hydrogen) atoms. The Balaban J connectivity index is 2.02. The summed E-state index contributed by atoms with van der Waals surface area (Å²) in [7, 11) is 0. The van der Waals surface area contributed by atoms with Gasteiger partial charge in [-0.3, -0.25) is 0 Å². The molecular weight excluding hydrogens is 182 g/mol. The van der Waals surface area contributed by atoms with Gasteiger partial charge in [-0.1, -0.05) is 44.4 Å². The summed E-state index contributed by atoms with van der Waals surface area (Å²) in [5, 5.41) is 3.70. The third-order valence-electron chi connectivity index (χ3n) is 3.36. The number of benzene rings is 1. The van der Waals surface area contributed by atoms with Gasteiger partial charge in [-0.05, 0) is 30.9 Å². The first-order valence-electron chi connectivity index (χ1n) is 6.24. The number of aryl methyl sites for hydroxylation is 1. The van der Waals surface area contributed by atoms with Gasteiger partial charge in [0, 0.05) is 11.7 Å². The van der Waals surface area contributed by atoms with Crippen molar-refractivity contribution < 1.29 is 0 Å². The van der Waals surface area contributed by atoms with Gasteiger partial charge in [0.2, 0.25) is 0 Å². The van der Waals surface area contributed by atoms with E-state index in [0.29, 0.717) is 6.04 Å². The molecule has 1 aromatic carbocycles. The molecule has 1 N–H and O–H groups in total. The Morgan fingerprint density at radius 2 is 1.87 bits per heavy atom. The first-order valence-corrected chi connectivity index (χ1v) is 6.24. The van der Waals surface area contributed by atoms with E-state index >= 15 is 0 Å². The number of rotatable bonds is 3. The van der Waals surface area contributed by atoms with Gasteiger partial charge in [0.25, 0.3) is 0 Å². The van der Waals surface area contributed by atoms with Crippen molar-refractivity contribution in [3.05, 3.63) is 29.8 Å². The molecule has 0 spiro atoms. The lowest BCUT2D eigenvalue weighted by atomic mass is 9.95. The maximum atomic E-state index is 3.70. The molecule has 0 amide bonds. The molecule has 0 bridgehead atoms. The van der Waals surface area contributed by atoms with Crippen LogP contribution in [0.1, 0.15) is 44.6 Å². The van der Waals surface area contributed by atoms with Gasteiger partial charge >= 0.3 is 0 Å². The average Bonchev–Trinajstić information content (AvgIpc) is 2.31. The van der Waals surface area contributed by atoms with Gasteiger partial charge < -0.3 is 5.32 Å². The van der Waals surface area contributed by atoms with E-state index in [2.05, 4.69) is 36.5 Å². The predicted octanol–water partition coefficient (Wildman–Crippen LogP) is 3.99. The fraction of sp³-hybridized carbons (Fsp3) is 0.571. The molecule has 1 aliphatic carbocycles. The quantitative estimate of drug-likeness (QED) is 0.783. The van der Waals surface area contributed by atoms with Gasteiger partial charge in [-0.25, -0.2) is 0 Å². The van der Waals surface area contributed by atoms with Crippen LogP contribution in [-0.4, -0.2) is 6.04 Å². The molecule has 1 saturated carbocycles. The molecule has 0 unspecified atom stereocenters. The molecule has 0 aromatic heterocycles. The monoisotopic (exact) mass is 203 g/mol. The minimum Gasteiger partial charge on any atom is -0.382 e. The van der Waals surface area contributed by atoms with Crippen LogP contribution in [-0.2, 0) is 6.42 Å². The number of nitrogens with one attached hydrogen (secondary N) is 1. The lowest BCUT2D eigenvalue weighted by Gasteiger charge is -2.25. The highest BCUT2D eigenvalue weighted by molar-refractivity contribution is 5.51. The van der Waals surface area contributed by atoms with E-state index in [1.54, 1.807) is 0 Å². The molecule has 1 heteroatoms. The Morgan fingerprint density at radius 3 is 2.60 bits per heavy atom. The van der Waals surface area contributed by atoms with Crippen LogP contribution in [0.4, 0.5) is 5.69 Å². The molecular formula is C14H21N. The molecule has 1 aliphatic rings. The third kappa shape index (κ3) is 2.74. The summed E-state index contributed by atoms with van der Waals surface area (Å²) >= 11 is 0. The second-order valence-electron chi connectivity index (χ2n) is 4.49. The molecule has 1 fully saturated rings. The van der Waals surface area contributed by atoms with Gasteiger partial charge in [-0.15, -0.1) is 0 Å². The number of anilines is 1. The van der Waals surface area contributed by atoms with Crippen LogP contribution in [0.5, 0.6) is 0 Å². The zero-order valence-corrected chi connectivity index (χ0v) is 9.63. The van der Waals surface area contributed by atoms with Gasteiger partial charge in [0.05, 0.1) is 0 Å². The Kier molecular flexibility index (Phi) is 3.65. The first-order chi connectivity index (χ1) is 7.40. The van der Waals surface area contributed by atoms with Crippen molar-refractivity contribution in [1.29, 1.82) is 0 Å².